The SMILES string of the molecule is COc1ccc(C(=O)C2C(=O)C(=O)N(Cc3ccc[nH+]c3)C2c2cccc(Br)c2)c(C)c1. The molecule has 2 aromatic carbocycles. The number of ketones is 2. The first-order chi connectivity index (χ1) is 15.4. The lowest BCUT2D eigenvalue weighted by Gasteiger charge is -2.27. The minimum Gasteiger partial charge on any atom is -0.497 e. The van der Waals surface area contributed by atoms with E-state index in [0.29, 0.717) is 16.9 Å². The number of pyridine rings is 1. The molecule has 1 aliphatic rings. The van der Waals surface area contributed by atoms with Crippen LogP contribution in [0.5, 0.6) is 5.75 Å². The monoisotopic (exact) mass is 493 g/mol. The number of nitrogens with one attached hydrogen (secondary N) is 1. The summed E-state index contributed by atoms with van der Waals surface area (Å²) in [4.78, 5) is 44.4. The Balaban J connectivity index is 1.79. The number of H-pyrrole nitrogens is 1. The van der Waals surface area contributed by atoms with E-state index < -0.39 is 23.7 Å². The summed E-state index contributed by atoms with van der Waals surface area (Å²) in [5.74, 6) is -2.20. The van der Waals surface area contributed by atoms with Gasteiger partial charge in [-0.05, 0) is 54.4 Å². The molecule has 1 amide bonds. The molecule has 0 radical (unpaired) electrons. The van der Waals surface area contributed by atoms with Crippen LogP contribution < -0.4 is 9.72 Å². The van der Waals surface area contributed by atoms with Gasteiger partial charge >= 0.3 is 0 Å². The molecule has 32 heavy (non-hydrogen) atoms. The second-order valence-corrected chi connectivity index (χ2v) is 8.65. The third-order valence-corrected chi connectivity index (χ3v) is 6.19. The Bertz CT molecular complexity index is 1200. The van der Waals surface area contributed by atoms with E-state index in [4.69, 9.17) is 4.74 Å². The molecule has 3 aromatic rings. The maximum absolute atomic E-state index is 13.6. The van der Waals surface area contributed by atoms with Crippen molar-refractivity contribution in [3.63, 3.8) is 0 Å². The highest BCUT2D eigenvalue weighted by atomic mass is 79.9. The standard InChI is InChI=1S/C25H21BrN2O4/c1-15-11-19(32-2)8-9-20(15)23(29)21-22(17-6-3-7-18(26)12-17)28(25(31)24(21)30)14-16-5-4-10-27-13-16/h3-13,21-22H,14H2,1-2H3/p+1. The maximum Gasteiger partial charge on any atom is 0.291 e. The first-order valence-electron chi connectivity index (χ1n) is 10.1. The van der Waals surface area contributed by atoms with Crippen molar-refractivity contribution < 1.29 is 24.1 Å². The van der Waals surface area contributed by atoms with E-state index in [9.17, 15) is 14.4 Å². The van der Waals surface area contributed by atoms with Crippen molar-refractivity contribution in [1.29, 1.82) is 0 Å². The van der Waals surface area contributed by atoms with Crippen LogP contribution in [-0.2, 0) is 16.1 Å². The number of aryl methyl sites for hydroxylation is 1. The third kappa shape index (κ3) is 4.08. The molecule has 162 valence electrons. The summed E-state index contributed by atoms with van der Waals surface area (Å²) < 4.78 is 6.04. The van der Waals surface area contributed by atoms with Gasteiger partial charge in [0.2, 0.25) is 5.78 Å². The Morgan fingerprint density at radius 3 is 2.59 bits per heavy atom. The minimum atomic E-state index is -1.13. The van der Waals surface area contributed by atoms with Gasteiger partial charge in [0.15, 0.2) is 18.2 Å². The van der Waals surface area contributed by atoms with Crippen molar-refractivity contribution in [3.05, 3.63) is 93.7 Å². The van der Waals surface area contributed by atoms with Crippen LogP contribution in [0.3, 0.4) is 0 Å². The molecule has 0 saturated carbocycles. The molecule has 1 N–H and O–H groups in total. The van der Waals surface area contributed by atoms with E-state index in [2.05, 4.69) is 20.9 Å². The van der Waals surface area contributed by atoms with Crippen LogP contribution >= 0.6 is 15.9 Å². The predicted molar refractivity (Wildman–Crippen MR) is 121 cm³/mol. The number of halogens is 1. The Hall–Kier alpha value is -3.32. The van der Waals surface area contributed by atoms with Crippen molar-refractivity contribution >= 4 is 33.4 Å². The van der Waals surface area contributed by atoms with Crippen LogP contribution in [0.15, 0.2) is 71.5 Å². The summed E-state index contributed by atoms with van der Waals surface area (Å²) in [6, 6.07) is 15.5. The van der Waals surface area contributed by atoms with Crippen molar-refractivity contribution in [2.24, 2.45) is 5.92 Å². The fourth-order valence-corrected chi connectivity index (χ4v) is 4.57. The number of carbonyl (C=O) groups is 3. The van der Waals surface area contributed by atoms with Gasteiger partial charge in [0.05, 0.1) is 19.7 Å². The fourth-order valence-electron chi connectivity index (χ4n) is 4.15. The smallest absolute Gasteiger partial charge is 0.291 e. The number of hydrogen-bond donors (Lipinski definition) is 0. The molecule has 0 aliphatic carbocycles. The number of benzene rings is 2. The number of carbonyl (C=O) groups excluding carboxylic acids is 3. The van der Waals surface area contributed by atoms with Crippen molar-refractivity contribution in [3.8, 4) is 5.75 Å². The zero-order chi connectivity index (χ0) is 22.8. The van der Waals surface area contributed by atoms with Crippen LogP contribution in [0.1, 0.15) is 33.1 Å². The number of Topliss-reactive ketones (excluding diaryl/α,β-unsaturated/α-hetero) is 2. The average molecular weight is 494 g/mol. The molecular weight excluding hydrogens is 472 g/mol. The van der Waals surface area contributed by atoms with E-state index in [0.717, 1.165) is 15.6 Å². The first-order valence-corrected chi connectivity index (χ1v) is 10.9. The summed E-state index contributed by atoms with van der Waals surface area (Å²) in [6.07, 6.45) is 3.55. The molecule has 1 aromatic heterocycles. The lowest BCUT2D eigenvalue weighted by molar-refractivity contribution is -0.378. The van der Waals surface area contributed by atoms with E-state index in [1.54, 1.807) is 44.6 Å². The average Bonchev–Trinajstić information content (AvgIpc) is 3.04. The molecule has 2 unspecified atom stereocenters. The van der Waals surface area contributed by atoms with Crippen LogP contribution in [0.25, 0.3) is 0 Å². The molecule has 6 nitrogen and oxygen atoms in total. The van der Waals surface area contributed by atoms with Gasteiger partial charge < -0.3 is 9.64 Å². The Morgan fingerprint density at radius 2 is 1.94 bits per heavy atom. The van der Waals surface area contributed by atoms with Gasteiger partial charge in [0.1, 0.15) is 11.7 Å². The second-order valence-electron chi connectivity index (χ2n) is 7.73. The summed E-state index contributed by atoms with van der Waals surface area (Å²) >= 11 is 3.46. The summed E-state index contributed by atoms with van der Waals surface area (Å²) in [5.41, 5.74) is 2.66. The van der Waals surface area contributed by atoms with Crippen molar-refractivity contribution in [1.82, 2.24) is 4.90 Å². The summed E-state index contributed by atoms with van der Waals surface area (Å²) in [7, 11) is 1.55. The van der Waals surface area contributed by atoms with E-state index >= 15 is 0 Å². The Kier molecular flexibility index (Phi) is 6.19. The number of aromatic nitrogens is 1. The predicted octanol–water partition coefficient (Wildman–Crippen LogP) is 3.73. The van der Waals surface area contributed by atoms with Crippen molar-refractivity contribution in [2.75, 3.05) is 7.11 Å². The van der Waals surface area contributed by atoms with Gasteiger partial charge in [-0.3, -0.25) is 14.4 Å². The van der Waals surface area contributed by atoms with Crippen LogP contribution in [0, 0.1) is 12.8 Å². The second kappa shape index (κ2) is 9.04. The molecule has 2 heterocycles. The van der Waals surface area contributed by atoms with Gasteiger partial charge in [-0.1, -0.05) is 28.1 Å². The number of ether oxygens (including phenoxy) is 1. The normalized spacial score (nSPS) is 18.2. The molecule has 7 heteroatoms. The number of amides is 1. The zero-order valence-electron chi connectivity index (χ0n) is 17.7. The number of rotatable bonds is 6. The topological polar surface area (TPSA) is 77.8 Å². The van der Waals surface area contributed by atoms with Crippen molar-refractivity contribution in [2.45, 2.75) is 19.5 Å². The molecule has 4 rings (SSSR count). The quantitative estimate of drug-likeness (QED) is 0.297. The largest absolute Gasteiger partial charge is 0.497 e. The molecule has 1 fully saturated rings. The lowest BCUT2D eigenvalue weighted by atomic mass is 9.85. The van der Waals surface area contributed by atoms with Crippen LogP contribution in [-0.4, -0.2) is 29.5 Å². The van der Waals surface area contributed by atoms with E-state index in [1.165, 1.54) is 4.90 Å². The Morgan fingerprint density at radius 1 is 1.12 bits per heavy atom. The number of likely N-dealkylation sites (tertiary alicyclic amines) is 1. The highest BCUT2D eigenvalue weighted by Crippen LogP contribution is 2.40. The molecule has 1 aliphatic heterocycles. The fraction of sp³-hybridized carbons (Fsp3) is 0.200. The Labute approximate surface area is 194 Å². The van der Waals surface area contributed by atoms with Gasteiger partial charge in [-0.15, -0.1) is 0 Å². The summed E-state index contributed by atoms with van der Waals surface area (Å²) in [6.45, 7) is 2.01. The maximum atomic E-state index is 13.6. The van der Waals surface area contributed by atoms with E-state index in [-0.39, 0.29) is 12.3 Å². The molecule has 2 atom stereocenters. The lowest BCUT2D eigenvalue weighted by Crippen LogP contribution is -2.30. The first kappa shape index (κ1) is 21.9. The number of hydrogen-bond acceptors (Lipinski definition) is 4. The molecule has 0 spiro atoms. The molecular formula is C25H22BrN2O4+. The van der Waals surface area contributed by atoms with Crippen LogP contribution in [0.2, 0.25) is 0 Å². The van der Waals surface area contributed by atoms with Gasteiger partial charge in [-0.2, -0.15) is 0 Å². The van der Waals surface area contributed by atoms with Crippen LogP contribution in [0.4, 0.5) is 0 Å². The third-order valence-electron chi connectivity index (χ3n) is 5.70. The number of nitrogens with zero attached hydrogens (tertiary/aromatic N) is 1. The van der Waals surface area contributed by atoms with Gasteiger partial charge in [0, 0.05) is 21.7 Å². The molecule has 1 saturated heterocycles. The highest BCUT2D eigenvalue weighted by molar-refractivity contribution is 9.10. The van der Waals surface area contributed by atoms with Gasteiger partial charge in [-0.25, -0.2) is 4.98 Å². The number of aromatic amines is 1. The molecule has 0 bridgehead atoms. The van der Waals surface area contributed by atoms with Gasteiger partial charge in [0.25, 0.3) is 5.91 Å². The van der Waals surface area contributed by atoms with E-state index in [1.807, 2.05) is 36.4 Å². The highest BCUT2D eigenvalue weighted by Gasteiger charge is 2.51. The zero-order valence-corrected chi connectivity index (χ0v) is 19.3. The summed E-state index contributed by atoms with van der Waals surface area (Å²) in [5, 5.41) is 0. The number of methoxy groups -OCH3 is 1. The minimum absolute atomic E-state index is 0.213.